The van der Waals surface area contributed by atoms with Crippen molar-refractivity contribution in [3.05, 3.63) is 36.0 Å². The Morgan fingerprint density at radius 1 is 0.973 bits per heavy atom. The van der Waals surface area contributed by atoms with Crippen molar-refractivity contribution in [2.75, 3.05) is 0 Å². The average Bonchev–Trinajstić information content (AvgIpc) is 3.27. The molecule has 0 radical (unpaired) electrons. The Labute approximate surface area is 214 Å². The first kappa shape index (κ1) is 29.3. The third-order valence-electron chi connectivity index (χ3n) is 6.27. The fourth-order valence-corrected chi connectivity index (χ4v) is 3.76. The molecule has 0 saturated heterocycles. The molecule has 8 N–H and O–H groups in total. The van der Waals surface area contributed by atoms with Gasteiger partial charge in [-0.05, 0) is 30.9 Å². The second-order valence-corrected chi connectivity index (χ2v) is 9.10. The van der Waals surface area contributed by atoms with Crippen molar-refractivity contribution in [1.29, 1.82) is 0 Å². The first-order chi connectivity index (χ1) is 17.4. The summed E-state index contributed by atoms with van der Waals surface area (Å²) in [5.41, 5.74) is 7.27. The molecule has 0 saturated carbocycles. The molecule has 12 heteroatoms. The molecule has 0 aliphatic heterocycles. The summed E-state index contributed by atoms with van der Waals surface area (Å²) in [6.45, 7) is 4.91. The van der Waals surface area contributed by atoms with Gasteiger partial charge in [0.2, 0.25) is 17.7 Å². The molecule has 0 aliphatic rings. The number of hydrogen-bond donors (Lipinski definition) is 7. The lowest BCUT2D eigenvalue weighted by molar-refractivity contribution is -0.144. The molecule has 0 fully saturated rings. The highest BCUT2D eigenvalue weighted by atomic mass is 16.4. The average molecular weight is 518 g/mol. The molecule has 0 aliphatic carbocycles. The topological polar surface area (TPSA) is 204 Å². The molecule has 2 rings (SSSR count). The molecule has 202 valence electrons. The highest BCUT2D eigenvalue weighted by molar-refractivity contribution is 5.94. The number of amides is 3. The van der Waals surface area contributed by atoms with Crippen molar-refractivity contribution >= 4 is 40.6 Å². The van der Waals surface area contributed by atoms with Gasteiger partial charge in [-0.1, -0.05) is 38.5 Å². The number of carbonyl (C=O) groups is 5. The number of fused-ring (bicyclic) bond motifs is 1. The molecule has 2 aromatic rings. The number of benzene rings is 1. The first-order valence-corrected chi connectivity index (χ1v) is 12.1. The van der Waals surface area contributed by atoms with Gasteiger partial charge in [0.05, 0.1) is 6.04 Å². The first-order valence-electron chi connectivity index (χ1n) is 12.1. The fraction of sp³-hybridized carbons (Fsp3) is 0.480. The Hall–Kier alpha value is -3.93. The molecule has 1 aromatic carbocycles. The number of carbonyl (C=O) groups excluding carboxylic acids is 3. The number of aromatic amines is 1. The van der Waals surface area contributed by atoms with Crippen LogP contribution in [0.1, 0.15) is 45.6 Å². The van der Waals surface area contributed by atoms with Crippen molar-refractivity contribution in [1.82, 2.24) is 20.9 Å². The minimum Gasteiger partial charge on any atom is -0.481 e. The van der Waals surface area contributed by atoms with E-state index in [2.05, 4.69) is 20.9 Å². The highest BCUT2D eigenvalue weighted by Gasteiger charge is 2.31. The van der Waals surface area contributed by atoms with Crippen LogP contribution in [-0.4, -0.2) is 69.0 Å². The summed E-state index contributed by atoms with van der Waals surface area (Å²) in [6.07, 6.45) is 1.89. The number of carboxylic acid groups (broad SMARTS) is 2. The number of para-hydroxylation sites is 1. The van der Waals surface area contributed by atoms with Crippen LogP contribution in [0.5, 0.6) is 0 Å². The van der Waals surface area contributed by atoms with Gasteiger partial charge in [-0.3, -0.25) is 19.2 Å². The number of hydrogen-bond acceptors (Lipinski definition) is 6. The summed E-state index contributed by atoms with van der Waals surface area (Å²) in [6, 6.07) is 2.91. The van der Waals surface area contributed by atoms with Crippen molar-refractivity contribution in [3.8, 4) is 0 Å². The van der Waals surface area contributed by atoms with Gasteiger partial charge < -0.3 is 36.9 Å². The quantitative estimate of drug-likeness (QED) is 0.188. The van der Waals surface area contributed by atoms with E-state index in [1.165, 1.54) is 6.92 Å². The maximum Gasteiger partial charge on any atom is 0.326 e. The van der Waals surface area contributed by atoms with Gasteiger partial charge >= 0.3 is 11.9 Å². The molecule has 37 heavy (non-hydrogen) atoms. The molecule has 1 aromatic heterocycles. The van der Waals surface area contributed by atoms with Gasteiger partial charge in [0.1, 0.15) is 18.1 Å². The number of carboxylic acids is 2. The summed E-state index contributed by atoms with van der Waals surface area (Å²) in [5.74, 6) is -4.70. The molecule has 5 unspecified atom stereocenters. The molecule has 1 heterocycles. The maximum atomic E-state index is 13.2. The van der Waals surface area contributed by atoms with Crippen molar-refractivity contribution in [2.24, 2.45) is 11.7 Å². The smallest absolute Gasteiger partial charge is 0.326 e. The van der Waals surface area contributed by atoms with Crippen LogP contribution >= 0.6 is 0 Å². The van der Waals surface area contributed by atoms with Crippen molar-refractivity contribution in [3.63, 3.8) is 0 Å². The van der Waals surface area contributed by atoms with E-state index < -0.39 is 53.8 Å². The van der Waals surface area contributed by atoms with E-state index in [1.807, 2.05) is 31.2 Å². The fourth-order valence-electron chi connectivity index (χ4n) is 3.76. The Morgan fingerprint density at radius 2 is 1.65 bits per heavy atom. The Bertz CT molecular complexity index is 1130. The SMILES string of the molecule is CCC(C)C(NC(=O)C(Cc1c[nH]c2ccccc12)NC(=O)C(C)NC(=O)C(N)CCC(=O)O)C(=O)O. The predicted octanol–water partition coefficient (Wildman–Crippen LogP) is 0.508. The van der Waals surface area contributed by atoms with Crippen molar-refractivity contribution < 1.29 is 34.2 Å². The number of aliphatic carboxylic acids is 2. The van der Waals surface area contributed by atoms with Crippen LogP contribution in [0, 0.1) is 5.92 Å². The summed E-state index contributed by atoms with van der Waals surface area (Å²) in [5, 5.41) is 26.8. The largest absolute Gasteiger partial charge is 0.481 e. The lowest BCUT2D eigenvalue weighted by Crippen LogP contribution is -2.57. The molecule has 5 atom stereocenters. The summed E-state index contributed by atoms with van der Waals surface area (Å²) in [4.78, 5) is 64.0. The normalized spacial score (nSPS) is 15.1. The zero-order valence-corrected chi connectivity index (χ0v) is 21.1. The second-order valence-electron chi connectivity index (χ2n) is 9.10. The van der Waals surface area contributed by atoms with Crippen LogP contribution in [0.25, 0.3) is 10.9 Å². The molecule has 12 nitrogen and oxygen atoms in total. The van der Waals surface area contributed by atoms with Crippen LogP contribution in [0.2, 0.25) is 0 Å². The number of nitrogens with one attached hydrogen (secondary N) is 4. The van der Waals surface area contributed by atoms with Crippen molar-refractivity contribution in [2.45, 2.75) is 70.6 Å². The number of nitrogens with two attached hydrogens (primary N) is 1. The maximum absolute atomic E-state index is 13.2. The van der Waals surface area contributed by atoms with Gasteiger partial charge in [0.25, 0.3) is 0 Å². The number of H-pyrrole nitrogens is 1. The lowest BCUT2D eigenvalue weighted by Gasteiger charge is -2.25. The standard InChI is InChI=1S/C25H35N5O7/c1-4-13(2)21(25(36)37)30-24(35)19(11-15-12-27-18-8-6-5-7-16(15)18)29-22(33)14(3)28-23(34)17(26)9-10-20(31)32/h5-8,12-14,17,19,21,27H,4,9-11,26H2,1-3H3,(H,28,34)(H,29,33)(H,30,35)(H,31,32)(H,36,37). The van der Waals surface area contributed by atoms with Crippen LogP contribution in [0.4, 0.5) is 0 Å². The monoisotopic (exact) mass is 517 g/mol. The number of aromatic nitrogens is 1. The van der Waals surface area contributed by atoms with Crippen LogP contribution in [0.3, 0.4) is 0 Å². The van der Waals surface area contributed by atoms with Gasteiger partial charge in [-0.2, -0.15) is 0 Å². The minimum atomic E-state index is -1.18. The molecule has 0 spiro atoms. The van der Waals surface area contributed by atoms with E-state index in [0.29, 0.717) is 6.42 Å². The van der Waals surface area contributed by atoms with E-state index >= 15 is 0 Å². The summed E-state index contributed by atoms with van der Waals surface area (Å²) >= 11 is 0. The Morgan fingerprint density at radius 3 is 2.27 bits per heavy atom. The van der Waals surface area contributed by atoms with Crippen LogP contribution < -0.4 is 21.7 Å². The molecule has 0 bridgehead atoms. The molecule has 3 amide bonds. The Kier molecular flexibility index (Phi) is 10.6. The van der Waals surface area contributed by atoms with Gasteiger partial charge in [-0.15, -0.1) is 0 Å². The van der Waals surface area contributed by atoms with Crippen LogP contribution in [0.15, 0.2) is 30.5 Å². The van der Waals surface area contributed by atoms with E-state index in [4.69, 9.17) is 10.8 Å². The third kappa shape index (κ3) is 8.31. The second kappa shape index (κ2) is 13.4. The zero-order chi connectivity index (χ0) is 27.7. The predicted molar refractivity (Wildman–Crippen MR) is 135 cm³/mol. The number of rotatable bonds is 14. The molecular weight excluding hydrogens is 482 g/mol. The lowest BCUT2D eigenvalue weighted by atomic mass is 9.98. The van der Waals surface area contributed by atoms with E-state index in [-0.39, 0.29) is 25.2 Å². The minimum absolute atomic E-state index is 0.0627. The van der Waals surface area contributed by atoms with Crippen LogP contribution in [-0.2, 0) is 30.4 Å². The Balaban J connectivity index is 2.20. The zero-order valence-electron chi connectivity index (χ0n) is 21.1. The van der Waals surface area contributed by atoms with Gasteiger partial charge in [0, 0.05) is 29.9 Å². The third-order valence-corrected chi connectivity index (χ3v) is 6.27. The summed E-state index contributed by atoms with van der Waals surface area (Å²) in [7, 11) is 0. The highest BCUT2D eigenvalue weighted by Crippen LogP contribution is 2.19. The molecular formula is C25H35N5O7. The van der Waals surface area contributed by atoms with Gasteiger partial charge in [-0.25, -0.2) is 4.79 Å². The van der Waals surface area contributed by atoms with E-state index in [0.717, 1.165) is 16.5 Å². The van der Waals surface area contributed by atoms with Gasteiger partial charge in [0.15, 0.2) is 0 Å². The van der Waals surface area contributed by atoms with E-state index in [1.54, 1.807) is 13.1 Å². The summed E-state index contributed by atoms with van der Waals surface area (Å²) < 4.78 is 0. The van der Waals surface area contributed by atoms with E-state index in [9.17, 15) is 29.1 Å².